The number of benzene rings is 7. The van der Waals surface area contributed by atoms with Crippen molar-refractivity contribution in [3.63, 3.8) is 0 Å². The van der Waals surface area contributed by atoms with Gasteiger partial charge in [0.05, 0.1) is 22.2 Å². The van der Waals surface area contributed by atoms with Crippen molar-refractivity contribution in [3.05, 3.63) is 193 Å². The zero-order valence-corrected chi connectivity index (χ0v) is 28.3. The van der Waals surface area contributed by atoms with Crippen LogP contribution in [0.3, 0.4) is 0 Å². The Morgan fingerprint density at radius 1 is 0.440 bits per heavy atom. The largest absolute Gasteiger partial charge is 0.308 e. The zero-order valence-electron chi connectivity index (χ0n) is 27.4. The molecule has 2 heterocycles. The molecule has 0 atom stereocenters. The highest BCUT2D eigenvalue weighted by atomic mass is 31.1. The molecule has 0 unspecified atom stereocenters. The van der Waals surface area contributed by atoms with Gasteiger partial charge in [-0.3, -0.25) is 0 Å². The number of rotatable bonds is 5. The van der Waals surface area contributed by atoms with Crippen molar-refractivity contribution in [2.24, 2.45) is 0 Å². The van der Waals surface area contributed by atoms with Crippen molar-refractivity contribution < 1.29 is 0 Å². The summed E-state index contributed by atoms with van der Waals surface area (Å²) in [5.74, 6) is 0. The van der Waals surface area contributed by atoms with Crippen molar-refractivity contribution >= 4 is 73.4 Å². The van der Waals surface area contributed by atoms with Gasteiger partial charge in [0.25, 0.3) is 0 Å². The molecule has 0 N–H and O–H groups in total. The number of hydrogen-bond acceptors (Lipinski definition) is 0. The Bertz CT molecular complexity index is 2730. The molecule has 0 fully saturated rings. The summed E-state index contributed by atoms with van der Waals surface area (Å²) in [6.07, 6.45) is 9.79. The van der Waals surface area contributed by atoms with Gasteiger partial charge in [-0.2, -0.15) is 0 Å². The van der Waals surface area contributed by atoms with Gasteiger partial charge in [0.2, 0.25) is 0 Å². The monoisotopic (exact) mass is 656 g/mol. The third-order valence-corrected chi connectivity index (χ3v) is 12.5. The minimum atomic E-state index is -0.675. The summed E-state index contributed by atoms with van der Waals surface area (Å²) in [6, 6.07) is 60.4. The van der Waals surface area contributed by atoms with Gasteiger partial charge in [-0.1, -0.05) is 146 Å². The molecule has 50 heavy (non-hydrogen) atoms. The van der Waals surface area contributed by atoms with E-state index in [1.54, 1.807) is 0 Å². The normalized spacial score (nSPS) is 12.7. The van der Waals surface area contributed by atoms with Crippen LogP contribution in [0.1, 0.15) is 11.3 Å². The first-order valence-electron chi connectivity index (χ1n) is 17.3. The summed E-state index contributed by atoms with van der Waals surface area (Å²) in [5.41, 5.74) is 8.67. The highest BCUT2D eigenvalue weighted by molar-refractivity contribution is 7.79. The maximum atomic E-state index is 2.50. The average molecular weight is 657 g/mol. The quantitative estimate of drug-likeness (QED) is 0.163. The lowest BCUT2D eigenvalue weighted by Crippen LogP contribution is -2.20. The van der Waals surface area contributed by atoms with Crippen LogP contribution in [0.4, 0.5) is 0 Å². The second-order valence-electron chi connectivity index (χ2n) is 13.0. The van der Waals surface area contributed by atoms with Crippen molar-refractivity contribution in [2.75, 3.05) is 0 Å². The highest BCUT2D eigenvalue weighted by Gasteiger charge is 2.24. The maximum Gasteiger partial charge on any atom is 0.0788 e. The molecule has 0 spiro atoms. The summed E-state index contributed by atoms with van der Waals surface area (Å²) in [7, 11) is -0.675. The third-order valence-electron chi connectivity index (χ3n) is 10.1. The van der Waals surface area contributed by atoms with E-state index in [1.165, 1.54) is 82.0 Å². The predicted molar refractivity (Wildman–Crippen MR) is 216 cm³/mol. The fraction of sp³-hybridized carbons (Fsp3) is 0.0213. The van der Waals surface area contributed by atoms with Crippen LogP contribution in [0.5, 0.6) is 0 Å². The molecule has 1 aliphatic rings. The fourth-order valence-electron chi connectivity index (χ4n) is 7.92. The minimum absolute atomic E-state index is 0.675. The predicted octanol–water partition coefficient (Wildman–Crippen LogP) is 10.8. The first-order chi connectivity index (χ1) is 24.8. The molecule has 7 aromatic carbocycles. The van der Waals surface area contributed by atoms with Crippen LogP contribution in [0.25, 0.3) is 60.9 Å². The maximum absolute atomic E-state index is 2.50. The van der Waals surface area contributed by atoms with E-state index in [4.69, 9.17) is 0 Å². The molecule has 236 valence electrons. The summed E-state index contributed by atoms with van der Waals surface area (Å²) in [6.45, 7) is 0. The molecule has 1 aliphatic carbocycles. The van der Waals surface area contributed by atoms with E-state index in [9.17, 15) is 0 Å². The molecule has 10 rings (SSSR count). The van der Waals surface area contributed by atoms with Gasteiger partial charge in [-0.15, -0.1) is 0 Å². The fourth-order valence-corrected chi connectivity index (χ4v) is 10.2. The lowest BCUT2D eigenvalue weighted by molar-refractivity contribution is 1.08. The molecule has 0 amide bonds. The number of para-hydroxylation sites is 2. The van der Waals surface area contributed by atoms with Gasteiger partial charge in [-0.25, -0.2) is 0 Å². The van der Waals surface area contributed by atoms with Gasteiger partial charge in [0.1, 0.15) is 0 Å². The van der Waals surface area contributed by atoms with Crippen LogP contribution in [0.15, 0.2) is 182 Å². The van der Waals surface area contributed by atoms with Crippen LogP contribution in [0.2, 0.25) is 0 Å². The Hall–Kier alpha value is -5.95. The van der Waals surface area contributed by atoms with Gasteiger partial charge < -0.3 is 9.13 Å². The lowest BCUT2D eigenvalue weighted by atomic mass is 10.1. The van der Waals surface area contributed by atoms with Gasteiger partial charge in [-0.05, 0) is 89.1 Å². The van der Waals surface area contributed by atoms with Crippen LogP contribution >= 0.6 is 7.92 Å². The first kappa shape index (κ1) is 29.0. The smallest absolute Gasteiger partial charge is 0.0788 e. The van der Waals surface area contributed by atoms with Crippen molar-refractivity contribution in [3.8, 4) is 11.4 Å². The number of allylic oxidation sites excluding steroid dienone is 3. The molecule has 0 saturated carbocycles. The molecule has 0 bridgehead atoms. The van der Waals surface area contributed by atoms with E-state index < -0.39 is 7.92 Å². The van der Waals surface area contributed by atoms with Crippen molar-refractivity contribution in [1.82, 2.24) is 9.13 Å². The molecule has 0 radical (unpaired) electrons. The van der Waals surface area contributed by atoms with Crippen molar-refractivity contribution in [2.45, 2.75) is 6.42 Å². The molecule has 3 heteroatoms. The second kappa shape index (κ2) is 11.9. The van der Waals surface area contributed by atoms with E-state index >= 15 is 0 Å². The second-order valence-corrected chi connectivity index (χ2v) is 15.2. The molecule has 0 saturated heterocycles. The third kappa shape index (κ3) is 4.60. The summed E-state index contributed by atoms with van der Waals surface area (Å²) >= 11 is 0. The summed E-state index contributed by atoms with van der Waals surface area (Å²) in [5, 5.41) is 10.4. The van der Waals surface area contributed by atoms with E-state index in [0.29, 0.717) is 0 Å². The first-order valence-corrected chi connectivity index (χ1v) is 18.6. The Morgan fingerprint density at radius 3 is 1.86 bits per heavy atom. The van der Waals surface area contributed by atoms with Crippen LogP contribution in [-0.4, -0.2) is 9.13 Å². The number of aromatic nitrogens is 2. The molecule has 2 aromatic heterocycles. The molecule has 0 aliphatic heterocycles. The highest BCUT2D eigenvalue weighted by Crippen LogP contribution is 2.42. The Kier molecular flexibility index (Phi) is 6.89. The van der Waals surface area contributed by atoms with Crippen LogP contribution < -0.4 is 15.9 Å². The van der Waals surface area contributed by atoms with E-state index in [1.807, 2.05) is 0 Å². The van der Waals surface area contributed by atoms with Gasteiger partial charge in [0, 0.05) is 27.5 Å². The zero-order chi connectivity index (χ0) is 33.0. The summed E-state index contributed by atoms with van der Waals surface area (Å²) in [4.78, 5) is 0. The Labute approximate surface area is 292 Å². The van der Waals surface area contributed by atoms with Crippen LogP contribution in [0, 0.1) is 0 Å². The minimum Gasteiger partial charge on any atom is -0.308 e. The number of fused-ring (bicyclic) bond motifs is 8. The number of nitrogens with zero attached hydrogens (tertiary/aromatic N) is 2. The molecule has 9 aromatic rings. The van der Waals surface area contributed by atoms with E-state index in [0.717, 1.165) is 6.42 Å². The standard InChI is InChI=1S/C47H33N2P/c1-5-15-35(16-6-1)48-44-23-12-4-11-21-40(44)42-29-30-43-41-22-13-14-24-45(41)49(47(43)46(42)48)36-27-25-34-32-39(28-26-33(34)31-36)50(37-17-7-2-8-18-37)38-19-9-3-10-20-38/h1-20,22-32H,21H2. The summed E-state index contributed by atoms with van der Waals surface area (Å²) < 4.78 is 4.98. The topological polar surface area (TPSA) is 9.86 Å². The SMILES string of the molecule is C1=CCc2c(n(-c3ccccc3)c3c2ccc2c4ccccc4n(-c4ccc5cc(P(c6ccccc6)c6ccccc6)ccc5c4)c23)C=C1. The number of hydrogen-bond donors (Lipinski definition) is 0. The lowest BCUT2D eigenvalue weighted by Gasteiger charge is -2.20. The molecular formula is C47H33N2P. The Balaban J connectivity index is 1.22. The van der Waals surface area contributed by atoms with Gasteiger partial charge in [0.15, 0.2) is 0 Å². The van der Waals surface area contributed by atoms with Crippen molar-refractivity contribution in [1.29, 1.82) is 0 Å². The Morgan fingerprint density at radius 2 is 1.08 bits per heavy atom. The molecular weight excluding hydrogens is 624 g/mol. The van der Waals surface area contributed by atoms with Gasteiger partial charge >= 0.3 is 0 Å². The van der Waals surface area contributed by atoms with E-state index in [2.05, 4.69) is 197 Å². The molecule has 2 nitrogen and oxygen atoms in total. The van der Waals surface area contributed by atoms with E-state index in [-0.39, 0.29) is 0 Å². The van der Waals surface area contributed by atoms with Crippen LogP contribution in [-0.2, 0) is 6.42 Å². The average Bonchev–Trinajstić information content (AvgIpc) is 3.56.